The first kappa shape index (κ1) is 35.2. The number of halogens is 3. The quantitative estimate of drug-likeness (QED) is 0.259. The van der Waals surface area contributed by atoms with Gasteiger partial charge < -0.3 is 40.0 Å². The second-order valence-corrected chi connectivity index (χ2v) is 10.5. The zero-order valence-electron chi connectivity index (χ0n) is 25.4. The van der Waals surface area contributed by atoms with Crippen molar-refractivity contribution in [2.75, 3.05) is 31.8 Å². The summed E-state index contributed by atoms with van der Waals surface area (Å²) in [6.07, 6.45) is -3.62. The minimum absolute atomic E-state index is 0.0825. The number of hydrogen-bond acceptors (Lipinski definition) is 10. The van der Waals surface area contributed by atoms with Gasteiger partial charge in [-0.05, 0) is 49.2 Å². The number of alkyl halides is 3. The molecule has 0 radical (unpaired) electrons. The number of carboxylic acid groups (broad SMARTS) is 1. The molecule has 16 heteroatoms. The molecule has 2 amide bonds. The SMILES string of the molecule is C[C@H](N)C(=O)OC1(C#Cc2ccc3c(c2)N(C)C(=O)[C@@H](NC(=O)c2cc(Oc4ccccc4)ccn2)CO3)COC1.O=C(O)C(F)(F)F. The van der Waals surface area contributed by atoms with Crippen LogP contribution >= 0.6 is 0 Å². The summed E-state index contributed by atoms with van der Waals surface area (Å²) in [7, 11) is 1.59. The maximum atomic E-state index is 13.3. The van der Waals surface area contributed by atoms with Crippen LogP contribution in [0.1, 0.15) is 23.0 Å². The molecule has 0 saturated carbocycles. The molecule has 252 valence electrons. The van der Waals surface area contributed by atoms with Crippen molar-refractivity contribution >= 4 is 29.4 Å². The molecule has 1 fully saturated rings. The number of nitrogens with zero attached hydrogens (tertiary/aromatic N) is 2. The molecule has 3 aromatic rings. The number of aromatic nitrogens is 1. The third-order valence-corrected chi connectivity index (χ3v) is 6.62. The second kappa shape index (κ2) is 14.8. The molecule has 1 saturated heterocycles. The van der Waals surface area contributed by atoms with Gasteiger partial charge in [-0.3, -0.25) is 19.4 Å². The Hall–Kier alpha value is -5.66. The van der Waals surface area contributed by atoms with Crippen molar-refractivity contribution in [1.29, 1.82) is 0 Å². The Morgan fingerprint density at radius 2 is 1.81 bits per heavy atom. The molecule has 3 heterocycles. The van der Waals surface area contributed by atoms with E-state index in [1.807, 2.05) is 18.2 Å². The van der Waals surface area contributed by atoms with Gasteiger partial charge in [-0.2, -0.15) is 13.2 Å². The topological polar surface area (TPSA) is 180 Å². The summed E-state index contributed by atoms with van der Waals surface area (Å²) in [5, 5.41) is 9.83. The van der Waals surface area contributed by atoms with E-state index >= 15 is 0 Å². The number of benzene rings is 2. The van der Waals surface area contributed by atoms with E-state index < -0.39 is 41.7 Å². The van der Waals surface area contributed by atoms with Crippen molar-refractivity contribution in [2.24, 2.45) is 5.73 Å². The number of fused-ring (bicyclic) bond motifs is 1. The monoisotopic (exact) mass is 670 g/mol. The highest BCUT2D eigenvalue weighted by Crippen LogP contribution is 2.32. The Labute approximate surface area is 271 Å². The summed E-state index contributed by atoms with van der Waals surface area (Å²) in [6.45, 7) is 1.73. The molecular weight excluding hydrogens is 641 g/mol. The van der Waals surface area contributed by atoms with Crippen LogP contribution < -0.4 is 25.4 Å². The molecule has 0 spiro atoms. The van der Waals surface area contributed by atoms with Gasteiger partial charge in [0.1, 0.15) is 54.8 Å². The number of esters is 1. The van der Waals surface area contributed by atoms with E-state index in [0.717, 1.165) is 0 Å². The first-order valence-corrected chi connectivity index (χ1v) is 14.1. The average molecular weight is 671 g/mol. The molecule has 2 aliphatic rings. The van der Waals surface area contributed by atoms with Crippen LogP contribution in [0.15, 0.2) is 66.9 Å². The lowest BCUT2D eigenvalue weighted by Gasteiger charge is -2.36. The summed E-state index contributed by atoms with van der Waals surface area (Å²) in [5.41, 5.74) is 5.67. The average Bonchev–Trinajstić information content (AvgIpc) is 3.14. The Bertz CT molecular complexity index is 1740. The summed E-state index contributed by atoms with van der Waals surface area (Å²) in [5.74, 6) is 3.20. The number of nitrogens with two attached hydrogens (primary N) is 1. The summed E-state index contributed by atoms with van der Waals surface area (Å²) < 4.78 is 54.1. The zero-order valence-corrected chi connectivity index (χ0v) is 25.4. The van der Waals surface area contributed by atoms with E-state index in [9.17, 15) is 27.6 Å². The van der Waals surface area contributed by atoms with Crippen molar-refractivity contribution in [2.45, 2.75) is 30.8 Å². The standard InChI is InChI=1S/C30H28N4O7.C2HF3O2/c1-19(31)29(37)41-30(17-38-18-30)12-10-20-8-9-26-25(14-20)34(2)28(36)24(16-39-26)33-27(35)23-15-22(11-13-32-23)40-21-6-4-3-5-7-21;3-2(4,5)1(6)7/h3-9,11,13-15,19,24H,16-18,31H2,1-2H3,(H,33,35);(H,6,7)/t19-,24-;/m0./s1. The number of para-hydroxylation sites is 1. The van der Waals surface area contributed by atoms with Crippen LogP contribution in [-0.2, 0) is 23.9 Å². The van der Waals surface area contributed by atoms with Gasteiger partial charge in [0, 0.05) is 24.9 Å². The molecule has 2 aromatic carbocycles. The first-order chi connectivity index (χ1) is 22.7. The van der Waals surface area contributed by atoms with Gasteiger partial charge in [0.05, 0.1) is 5.69 Å². The van der Waals surface area contributed by atoms with E-state index in [1.165, 1.54) is 24.1 Å². The van der Waals surface area contributed by atoms with Gasteiger partial charge in [0.25, 0.3) is 11.8 Å². The lowest BCUT2D eigenvalue weighted by Crippen LogP contribution is -2.53. The predicted molar refractivity (Wildman–Crippen MR) is 161 cm³/mol. The smallest absolute Gasteiger partial charge is 0.489 e. The number of likely N-dealkylation sites (N-methyl/N-ethyl adjacent to an activating group) is 1. The second-order valence-electron chi connectivity index (χ2n) is 10.5. The Morgan fingerprint density at radius 3 is 2.42 bits per heavy atom. The molecule has 48 heavy (non-hydrogen) atoms. The van der Waals surface area contributed by atoms with Gasteiger partial charge in [-0.1, -0.05) is 24.1 Å². The molecule has 13 nitrogen and oxygen atoms in total. The summed E-state index contributed by atoms with van der Waals surface area (Å²) in [4.78, 5) is 52.7. The number of carbonyl (C=O) groups is 4. The summed E-state index contributed by atoms with van der Waals surface area (Å²) in [6, 6.07) is 15.6. The van der Waals surface area contributed by atoms with Crippen LogP contribution in [0.2, 0.25) is 0 Å². The van der Waals surface area contributed by atoms with E-state index in [-0.39, 0.29) is 31.4 Å². The maximum absolute atomic E-state index is 13.3. The van der Waals surface area contributed by atoms with Gasteiger partial charge in [0.2, 0.25) is 5.60 Å². The molecule has 2 aliphatic heterocycles. The minimum atomic E-state index is -5.08. The molecule has 5 rings (SSSR count). The lowest BCUT2D eigenvalue weighted by atomic mass is 10.0. The molecule has 0 aliphatic carbocycles. The fraction of sp³-hybridized carbons (Fsp3) is 0.281. The molecule has 0 unspecified atom stereocenters. The van der Waals surface area contributed by atoms with Crippen LogP contribution in [0.5, 0.6) is 17.2 Å². The number of ether oxygens (including phenoxy) is 4. The van der Waals surface area contributed by atoms with E-state index in [0.29, 0.717) is 28.5 Å². The highest BCUT2D eigenvalue weighted by Gasteiger charge is 2.42. The fourth-order valence-electron chi connectivity index (χ4n) is 4.05. The number of amides is 2. The first-order valence-electron chi connectivity index (χ1n) is 14.1. The van der Waals surface area contributed by atoms with Crippen molar-refractivity contribution in [3.8, 4) is 29.1 Å². The zero-order chi connectivity index (χ0) is 35.1. The normalized spacial score (nSPS) is 16.8. The van der Waals surface area contributed by atoms with Gasteiger partial charge in [0.15, 0.2) is 0 Å². The van der Waals surface area contributed by atoms with Crippen LogP contribution in [0.3, 0.4) is 0 Å². The molecule has 1 aromatic heterocycles. The van der Waals surface area contributed by atoms with Gasteiger partial charge >= 0.3 is 18.1 Å². The van der Waals surface area contributed by atoms with Crippen LogP contribution in [0.4, 0.5) is 18.9 Å². The molecule has 4 N–H and O–H groups in total. The van der Waals surface area contributed by atoms with Crippen LogP contribution in [-0.4, -0.2) is 84.6 Å². The maximum Gasteiger partial charge on any atom is 0.490 e. The highest BCUT2D eigenvalue weighted by molar-refractivity contribution is 6.03. The van der Waals surface area contributed by atoms with E-state index in [2.05, 4.69) is 22.1 Å². The Balaban J connectivity index is 0.000000671. The number of aliphatic carboxylic acids is 1. The molecule has 0 bridgehead atoms. The predicted octanol–water partition coefficient (Wildman–Crippen LogP) is 2.67. The number of nitrogens with one attached hydrogen (secondary N) is 1. The third kappa shape index (κ3) is 8.99. The highest BCUT2D eigenvalue weighted by atomic mass is 19.4. The van der Waals surface area contributed by atoms with Gasteiger partial charge in [-0.25, -0.2) is 4.79 Å². The Kier molecular flexibility index (Phi) is 10.9. The van der Waals surface area contributed by atoms with E-state index in [1.54, 1.807) is 43.4 Å². The van der Waals surface area contributed by atoms with Crippen molar-refractivity contribution in [3.05, 3.63) is 78.1 Å². The van der Waals surface area contributed by atoms with Crippen LogP contribution in [0.25, 0.3) is 0 Å². The number of carbonyl (C=O) groups excluding carboxylic acids is 3. The lowest BCUT2D eigenvalue weighted by molar-refractivity contribution is -0.193. The Morgan fingerprint density at radius 1 is 1.12 bits per heavy atom. The number of hydrogen-bond donors (Lipinski definition) is 3. The number of carboxylic acids is 1. The molecular formula is C32H29F3N4O9. The summed E-state index contributed by atoms with van der Waals surface area (Å²) >= 11 is 0. The van der Waals surface area contributed by atoms with Gasteiger partial charge in [-0.15, -0.1) is 0 Å². The van der Waals surface area contributed by atoms with Crippen molar-refractivity contribution in [1.82, 2.24) is 10.3 Å². The fourth-order valence-corrected chi connectivity index (χ4v) is 4.05. The number of rotatable bonds is 6. The molecule has 2 atom stereocenters. The number of anilines is 1. The van der Waals surface area contributed by atoms with Crippen LogP contribution in [0, 0.1) is 11.8 Å². The minimum Gasteiger partial charge on any atom is -0.489 e. The van der Waals surface area contributed by atoms with Crippen molar-refractivity contribution < 1.29 is 56.4 Å². The number of pyridine rings is 1. The largest absolute Gasteiger partial charge is 0.490 e. The van der Waals surface area contributed by atoms with E-state index in [4.69, 9.17) is 34.6 Å². The third-order valence-electron chi connectivity index (χ3n) is 6.62. The van der Waals surface area contributed by atoms with Crippen molar-refractivity contribution in [3.63, 3.8) is 0 Å².